The number of nitriles is 1. The molecule has 0 spiro atoms. The molecule has 1 atom stereocenters. The first-order chi connectivity index (χ1) is 10.3. The van der Waals surface area contributed by atoms with Crippen molar-refractivity contribution in [2.75, 3.05) is 0 Å². The number of aromatic nitrogens is 1. The Morgan fingerprint density at radius 1 is 1.38 bits per heavy atom. The molecule has 1 aromatic carbocycles. The maximum Gasteiger partial charge on any atom is 0.147 e. The van der Waals surface area contributed by atoms with E-state index in [1.54, 1.807) is 6.20 Å². The molecular weight excluding hydrogens is 262 g/mol. The third-order valence-electron chi connectivity index (χ3n) is 3.87. The molecule has 0 aliphatic heterocycles. The van der Waals surface area contributed by atoms with Crippen LogP contribution < -0.4 is 10.5 Å². The summed E-state index contributed by atoms with van der Waals surface area (Å²) in [5.41, 5.74) is 9.87. The van der Waals surface area contributed by atoms with E-state index < -0.39 is 0 Å². The van der Waals surface area contributed by atoms with E-state index in [1.807, 2.05) is 24.3 Å². The maximum atomic E-state index is 9.02. The van der Waals surface area contributed by atoms with Crippen LogP contribution in [-0.4, -0.2) is 4.98 Å². The standard InChI is InChI=1S/C17H17N3O/c18-10-17-13(4-2-8-20-17)11-21-14-7-6-12-3-1-5-16(19)15(12)9-14/h2,4,6-9,16H,1,3,5,11,19H2/t16-/m1/s1. The van der Waals surface area contributed by atoms with Gasteiger partial charge in [-0.15, -0.1) is 0 Å². The zero-order valence-corrected chi connectivity index (χ0v) is 11.7. The van der Waals surface area contributed by atoms with Gasteiger partial charge in [0, 0.05) is 17.8 Å². The Hall–Kier alpha value is -2.38. The summed E-state index contributed by atoms with van der Waals surface area (Å²) < 4.78 is 5.80. The van der Waals surface area contributed by atoms with Crippen molar-refractivity contribution in [2.24, 2.45) is 5.73 Å². The van der Waals surface area contributed by atoms with Crippen LogP contribution in [-0.2, 0) is 13.0 Å². The number of rotatable bonds is 3. The summed E-state index contributed by atoms with van der Waals surface area (Å²) in [5, 5.41) is 9.02. The van der Waals surface area contributed by atoms with Crippen LogP contribution in [0, 0.1) is 11.3 Å². The van der Waals surface area contributed by atoms with Crippen LogP contribution in [0.3, 0.4) is 0 Å². The lowest BCUT2D eigenvalue weighted by Crippen LogP contribution is -2.17. The number of benzene rings is 1. The number of hydrogen-bond acceptors (Lipinski definition) is 4. The molecule has 106 valence electrons. The van der Waals surface area contributed by atoms with E-state index in [4.69, 9.17) is 15.7 Å². The van der Waals surface area contributed by atoms with Gasteiger partial charge >= 0.3 is 0 Å². The number of aryl methyl sites for hydroxylation is 1. The van der Waals surface area contributed by atoms with E-state index in [0.29, 0.717) is 12.3 Å². The second kappa shape index (κ2) is 5.94. The highest BCUT2D eigenvalue weighted by molar-refractivity contribution is 5.39. The van der Waals surface area contributed by atoms with Gasteiger partial charge < -0.3 is 10.5 Å². The van der Waals surface area contributed by atoms with Gasteiger partial charge in [-0.1, -0.05) is 12.1 Å². The van der Waals surface area contributed by atoms with Crippen LogP contribution in [0.2, 0.25) is 0 Å². The SMILES string of the molecule is N#Cc1ncccc1COc1ccc2c(c1)[C@H](N)CCC2. The molecule has 0 bridgehead atoms. The Balaban J connectivity index is 1.77. The normalized spacial score (nSPS) is 16.9. The lowest BCUT2D eigenvalue weighted by atomic mass is 9.88. The van der Waals surface area contributed by atoms with Crippen molar-refractivity contribution in [1.29, 1.82) is 5.26 Å². The van der Waals surface area contributed by atoms with Gasteiger partial charge in [0.1, 0.15) is 24.1 Å². The van der Waals surface area contributed by atoms with Gasteiger partial charge in [-0.05, 0) is 48.6 Å². The third-order valence-corrected chi connectivity index (χ3v) is 3.87. The Labute approximate surface area is 124 Å². The first kappa shape index (κ1) is 13.6. The van der Waals surface area contributed by atoms with E-state index in [1.165, 1.54) is 11.1 Å². The summed E-state index contributed by atoms with van der Waals surface area (Å²) in [6.45, 7) is 0.338. The van der Waals surface area contributed by atoms with Crippen molar-refractivity contribution >= 4 is 0 Å². The highest BCUT2D eigenvalue weighted by atomic mass is 16.5. The topological polar surface area (TPSA) is 71.9 Å². The molecule has 1 heterocycles. The predicted molar refractivity (Wildman–Crippen MR) is 79.6 cm³/mol. The summed E-state index contributed by atoms with van der Waals surface area (Å²) in [7, 11) is 0. The van der Waals surface area contributed by atoms with Crippen molar-refractivity contribution in [3.05, 3.63) is 58.9 Å². The smallest absolute Gasteiger partial charge is 0.147 e. The van der Waals surface area contributed by atoms with E-state index in [9.17, 15) is 0 Å². The minimum Gasteiger partial charge on any atom is -0.489 e. The van der Waals surface area contributed by atoms with Gasteiger partial charge in [-0.2, -0.15) is 5.26 Å². The Morgan fingerprint density at radius 3 is 3.14 bits per heavy atom. The molecule has 0 saturated carbocycles. The largest absolute Gasteiger partial charge is 0.489 e. The van der Waals surface area contributed by atoms with Gasteiger partial charge in [0.05, 0.1) is 0 Å². The van der Waals surface area contributed by atoms with Crippen molar-refractivity contribution in [3.8, 4) is 11.8 Å². The van der Waals surface area contributed by atoms with Gasteiger partial charge in [0.2, 0.25) is 0 Å². The summed E-state index contributed by atoms with van der Waals surface area (Å²) in [4.78, 5) is 4.03. The molecule has 1 aromatic heterocycles. The summed E-state index contributed by atoms with van der Waals surface area (Å²) >= 11 is 0. The van der Waals surface area contributed by atoms with Gasteiger partial charge in [-0.3, -0.25) is 0 Å². The second-order valence-corrected chi connectivity index (χ2v) is 5.27. The quantitative estimate of drug-likeness (QED) is 0.937. The van der Waals surface area contributed by atoms with Crippen LogP contribution in [0.5, 0.6) is 5.75 Å². The zero-order valence-electron chi connectivity index (χ0n) is 11.7. The molecule has 21 heavy (non-hydrogen) atoms. The first-order valence-electron chi connectivity index (χ1n) is 7.13. The van der Waals surface area contributed by atoms with Crippen molar-refractivity contribution in [1.82, 2.24) is 4.98 Å². The Kier molecular flexibility index (Phi) is 3.85. The van der Waals surface area contributed by atoms with Crippen LogP contribution in [0.4, 0.5) is 0 Å². The fourth-order valence-corrected chi connectivity index (χ4v) is 2.72. The van der Waals surface area contributed by atoms with Crippen molar-refractivity contribution in [3.63, 3.8) is 0 Å². The van der Waals surface area contributed by atoms with E-state index in [2.05, 4.69) is 17.1 Å². The number of hydrogen-bond donors (Lipinski definition) is 1. The summed E-state index contributed by atoms with van der Waals surface area (Å²) in [6, 6.07) is 11.9. The average Bonchev–Trinajstić information content (AvgIpc) is 2.54. The molecule has 0 fully saturated rings. The minimum absolute atomic E-state index is 0.102. The highest BCUT2D eigenvalue weighted by Crippen LogP contribution is 2.31. The minimum atomic E-state index is 0.102. The maximum absolute atomic E-state index is 9.02. The number of ether oxygens (including phenoxy) is 1. The molecule has 4 nitrogen and oxygen atoms in total. The van der Waals surface area contributed by atoms with Gasteiger partial charge in [-0.25, -0.2) is 4.98 Å². The number of nitrogens with zero attached hydrogens (tertiary/aromatic N) is 2. The molecule has 2 N–H and O–H groups in total. The zero-order chi connectivity index (χ0) is 14.7. The fourth-order valence-electron chi connectivity index (χ4n) is 2.72. The third kappa shape index (κ3) is 2.88. The number of nitrogens with two attached hydrogens (primary N) is 1. The molecule has 0 unspecified atom stereocenters. The average molecular weight is 279 g/mol. The van der Waals surface area contributed by atoms with Crippen molar-refractivity contribution in [2.45, 2.75) is 31.9 Å². The fraction of sp³-hybridized carbons (Fsp3) is 0.294. The molecule has 0 amide bonds. The van der Waals surface area contributed by atoms with Crippen LogP contribution >= 0.6 is 0 Å². The molecule has 0 radical (unpaired) electrons. The second-order valence-electron chi connectivity index (χ2n) is 5.27. The predicted octanol–water partition coefficient (Wildman–Crippen LogP) is 2.87. The van der Waals surface area contributed by atoms with Crippen molar-refractivity contribution < 1.29 is 4.74 Å². The van der Waals surface area contributed by atoms with Crippen LogP contribution in [0.1, 0.15) is 41.3 Å². The van der Waals surface area contributed by atoms with Gasteiger partial charge in [0.25, 0.3) is 0 Å². The van der Waals surface area contributed by atoms with E-state index >= 15 is 0 Å². The van der Waals surface area contributed by atoms with Gasteiger partial charge in [0.15, 0.2) is 0 Å². The number of pyridine rings is 1. The van der Waals surface area contributed by atoms with E-state index in [-0.39, 0.29) is 6.04 Å². The Morgan fingerprint density at radius 2 is 2.29 bits per heavy atom. The monoisotopic (exact) mass is 279 g/mol. The molecule has 4 heteroatoms. The lowest BCUT2D eigenvalue weighted by molar-refractivity contribution is 0.304. The molecule has 2 aromatic rings. The molecule has 1 aliphatic carbocycles. The first-order valence-corrected chi connectivity index (χ1v) is 7.13. The summed E-state index contributed by atoms with van der Waals surface area (Å²) in [6.07, 6.45) is 4.87. The van der Waals surface area contributed by atoms with Crippen LogP contribution in [0.15, 0.2) is 36.5 Å². The van der Waals surface area contributed by atoms with Crippen LogP contribution in [0.25, 0.3) is 0 Å². The molecule has 0 saturated heterocycles. The highest BCUT2D eigenvalue weighted by Gasteiger charge is 2.17. The van der Waals surface area contributed by atoms with E-state index in [0.717, 1.165) is 30.6 Å². The molecule has 3 rings (SSSR count). The Bertz CT molecular complexity index is 691. The molecular formula is C17H17N3O. The lowest BCUT2D eigenvalue weighted by Gasteiger charge is -2.22. The number of fused-ring (bicyclic) bond motifs is 1. The summed E-state index contributed by atoms with van der Waals surface area (Å²) in [5.74, 6) is 0.791. The molecule has 1 aliphatic rings.